The number of H-pyrrole nitrogens is 1. The number of aromatic amines is 1. The van der Waals surface area contributed by atoms with E-state index in [4.69, 9.17) is 11.6 Å². The van der Waals surface area contributed by atoms with Gasteiger partial charge in [0.2, 0.25) is 5.91 Å². The Morgan fingerprint density at radius 2 is 2.13 bits per heavy atom. The van der Waals surface area contributed by atoms with Crippen LogP contribution in [0.25, 0.3) is 11.4 Å². The minimum absolute atomic E-state index is 0.0719. The van der Waals surface area contributed by atoms with Gasteiger partial charge in [-0.2, -0.15) is 0 Å². The number of halogens is 1. The number of hydrogen-bond donors (Lipinski definition) is 2. The molecular formula is C16H14ClN3OS2. The molecule has 118 valence electrons. The zero-order chi connectivity index (χ0) is 16.2. The Morgan fingerprint density at radius 1 is 1.35 bits per heavy atom. The van der Waals surface area contributed by atoms with E-state index in [0.717, 1.165) is 16.3 Å². The van der Waals surface area contributed by atoms with Gasteiger partial charge < -0.3 is 10.3 Å². The van der Waals surface area contributed by atoms with Crippen LogP contribution in [0.1, 0.15) is 6.92 Å². The van der Waals surface area contributed by atoms with E-state index in [1.165, 1.54) is 23.1 Å². The van der Waals surface area contributed by atoms with Gasteiger partial charge in [0.05, 0.1) is 16.6 Å². The Morgan fingerprint density at radius 3 is 2.83 bits per heavy atom. The highest BCUT2D eigenvalue weighted by Crippen LogP contribution is 2.27. The van der Waals surface area contributed by atoms with Crippen molar-refractivity contribution in [2.45, 2.75) is 17.1 Å². The molecule has 2 heterocycles. The van der Waals surface area contributed by atoms with E-state index in [-0.39, 0.29) is 11.2 Å². The molecule has 4 nitrogen and oxygen atoms in total. The molecule has 1 unspecified atom stereocenters. The van der Waals surface area contributed by atoms with E-state index >= 15 is 0 Å². The average molecular weight is 364 g/mol. The van der Waals surface area contributed by atoms with Gasteiger partial charge in [-0.25, -0.2) is 4.98 Å². The molecule has 0 aliphatic carbocycles. The quantitative estimate of drug-likeness (QED) is 0.633. The second-order valence-corrected chi connectivity index (χ2v) is 7.53. The standard InChI is InChI=1S/C16H14ClN3OS2/c1-10(23-12-6-4-11(17)5-7-12)15(21)20-16-19-14(9-22-16)13-3-2-8-18-13/h2-10,18H,1H3,(H,19,20,21). The number of carbonyl (C=O) groups excluding carboxylic acids is 1. The lowest BCUT2D eigenvalue weighted by molar-refractivity contribution is -0.115. The summed E-state index contributed by atoms with van der Waals surface area (Å²) in [5.41, 5.74) is 1.76. The molecule has 0 saturated heterocycles. The Balaban J connectivity index is 1.61. The predicted octanol–water partition coefficient (Wildman–Crippen LogP) is 4.91. The Kier molecular flexibility index (Phi) is 5.05. The zero-order valence-corrected chi connectivity index (χ0v) is 14.6. The van der Waals surface area contributed by atoms with Crippen molar-refractivity contribution in [1.82, 2.24) is 9.97 Å². The molecule has 1 aromatic carbocycles. The van der Waals surface area contributed by atoms with Crippen LogP contribution in [0.5, 0.6) is 0 Å². The highest BCUT2D eigenvalue weighted by molar-refractivity contribution is 8.00. The summed E-state index contributed by atoms with van der Waals surface area (Å²) in [6.07, 6.45) is 1.85. The number of carbonyl (C=O) groups is 1. The van der Waals surface area contributed by atoms with E-state index in [0.29, 0.717) is 10.2 Å². The second-order valence-electron chi connectivity index (χ2n) is 4.82. The van der Waals surface area contributed by atoms with Crippen molar-refractivity contribution < 1.29 is 4.79 Å². The Hall–Kier alpha value is -1.76. The SMILES string of the molecule is CC(Sc1ccc(Cl)cc1)C(=O)Nc1nc(-c2ccc[nH]2)cs1. The molecule has 2 N–H and O–H groups in total. The molecule has 1 amide bonds. The molecular weight excluding hydrogens is 350 g/mol. The summed E-state index contributed by atoms with van der Waals surface area (Å²) < 4.78 is 0. The molecule has 7 heteroatoms. The maximum atomic E-state index is 12.3. The van der Waals surface area contributed by atoms with Gasteiger partial charge in [0.25, 0.3) is 0 Å². The maximum absolute atomic E-state index is 12.3. The van der Waals surface area contributed by atoms with E-state index in [1.54, 1.807) is 0 Å². The summed E-state index contributed by atoms with van der Waals surface area (Å²) in [5.74, 6) is -0.0719. The van der Waals surface area contributed by atoms with Crippen LogP contribution >= 0.6 is 34.7 Å². The number of nitrogens with one attached hydrogen (secondary N) is 2. The molecule has 0 saturated carbocycles. The first-order valence-corrected chi connectivity index (χ1v) is 9.08. The van der Waals surface area contributed by atoms with Gasteiger partial charge in [0, 0.05) is 21.5 Å². The number of aromatic nitrogens is 2. The minimum atomic E-state index is -0.228. The number of amides is 1. The van der Waals surface area contributed by atoms with Crippen molar-refractivity contribution in [2.75, 3.05) is 5.32 Å². The van der Waals surface area contributed by atoms with E-state index < -0.39 is 0 Å². The molecule has 0 spiro atoms. The lowest BCUT2D eigenvalue weighted by Crippen LogP contribution is -2.22. The van der Waals surface area contributed by atoms with Crippen molar-refractivity contribution >= 4 is 45.7 Å². The third-order valence-electron chi connectivity index (χ3n) is 3.10. The van der Waals surface area contributed by atoms with Gasteiger partial charge in [-0.1, -0.05) is 11.6 Å². The summed E-state index contributed by atoms with van der Waals surface area (Å²) in [6.45, 7) is 1.87. The van der Waals surface area contributed by atoms with Gasteiger partial charge in [-0.05, 0) is 43.3 Å². The number of thioether (sulfide) groups is 1. The fourth-order valence-corrected chi connectivity index (χ4v) is 3.63. The third-order valence-corrected chi connectivity index (χ3v) is 5.23. The maximum Gasteiger partial charge on any atom is 0.239 e. The largest absolute Gasteiger partial charge is 0.360 e. The predicted molar refractivity (Wildman–Crippen MR) is 97.3 cm³/mol. The summed E-state index contributed by atoms with van der Waals surface area (Å²) in [4.78, 5) is 20.8. The lowest BCUT2D eigenvalue weighted by Gasteiger charge is -2.10. The first-order chi connectivity index (χ1) is 11.1. The first kappa shape index (κ1) is 16.1. The normalized spacial score (nSPS) is 12.1. The Bertz CT molecular complexity index is 784. The van der Waals surface area contributed by atoms with Crippen molar-refractivity contribution in [1.29, 1.82) is 0 Å². The van der Waals surface area contributed by atoms with Crippen molar-refractivity contribution in [2.24, 2.45) is 0 Å². The highest BCUT2D eigenvalue weighted by atomic mass is 35.5. The smallest absolute Gasteiger partial charge is 0.239 e. The summed E-state index contributed by atoms with van der Waals surface area (Å²) in [7, 11) is 0. The average Bonchev–Trinajstić information content (AvgIpc) is 3.20. The molecule has 0 aliphatic heterocycles. The summed E-state index contributed by atoms with van der Waals surface area (Å²) in [5, 5.41) is 5.84. The molecule has 1 atom stereocenters. The van der Waals surface area contributed by atoms with Crippen LogP contribution in [0.15, 0.2) is 52.9 Å². The van der Waals surface area contributed by atoms with Gasteiger partial charge in [0.15, 0.2) is 5.13 Å². The van der Waals surface area contributed by atoms with Crippen molar-refractivity contribution in [3.63, 3.8) is 0 Å². The molecule has 3 aromatic rings. The topological polar surface area (TPSA) is 57.8 Å². The van der Waals surface area contributed by atoms with Crippen LogP contribution in [-0.4, -0.2) is 21.1 Å². The van der Waals surface area contributed by atoms with E-state index in [2.05, 4.69) is 15.3 Å². The van der Waals surface area contributed by atoms with Crippen LogP contribution in [0.2, 0.25) is 5.02 Å². The zero-order valence-electron chi connectivity index (χ0n) is 12.2. The molecule has 23 heavy (non-hydrogen) atoms. The number of hydrogen-bond acceptors (Lipinski definition) is 4. The first-order valence-electron chi connectivity index (χ1n) is 6.94. The summed E-state index contributed by atoms with van der Waals surface area (Å²) >= 11 is 8.76. The molecule has 0 aliphatic rings. The number of anilines is 1. The van der Waals surface area contributed by atoms with Crippen LogP contribution < -0.4 is 5.32 Å². The number of thiazole rings is 1. The molecule has 2 aromatic heterocycles. The molecule has 3 rings (SSSR count). The van der Waals surface area contributed by atoms with Crippen LogP contribution in [0.3, 0.4) is 0 Å². The monoisotopic (exact) mass is 363 g/mol. The van der Waals surface area contributed by atoms with Crippen LogP contribution in [0.4, 0.5) is 5.13 Å². The van der Waals surface area contributed by atoms with Crippen molar-refractivity contribution in [3.8, 4) is 11.4 Å². The van der Waals surface area contributed by atoms with Gasteiger partial charge in [-0.3, -0.25) is 4.79 Å². The second kappa shape index (κ2) is 7.21. The van der Waals surface area contributed by atoms with Crippen LogP contribution in [-0.2, 0) is 4.79 Å². The minimum Gasteiger partial charge on any atom is -0.360 e. The number of nitrogens with zero attached hydrogens (tertiary/aromatic N) is 1. The Labute approximate surface area is 147 Å². The number of rotatable bonds is 5. The van der Waals surface area contributed by atoms with Gasteiger partial charge in [0.1, 0.15) is 0 Å². The molecule has 0 fully saturated rings. The van der Waals surface area contributed by atoms with Crippen LogP contribution in [0, 0.1) is 0 Å². The van der Waals surface area contributed by atoms with Crippen molar-refractivity contribution in [3.05, 3.63) is 53.0 Å². The molecule has 0 radical (unpaired) electrons. The third kappa shape index (κ3) is 4.16. The molecule has 0 bridgehead atoms. The van der Waals surface area contributed by atoms with E-state index in [9.17, 15) is 4.79 Å². The fourth-order valence-electron chi connectivity index (χ4n) is 1.92. The fraction of sp³-hybridized carbons (Fsp3) is 0.125. The highest BCUT2D eigenvalue weighted by Gasteiger charge is 2.16. The summed E-state index contributed by atoms with van der Waals surface area (Å²) in [6, 6.07) is 11.3. The van der Waals surface area contributed by atoms with Gasteiger partial charge in [-0.15, -0.1) is 23.1 Å². The van der Waals surface area contributed by atoms with E-state index in [1.807, 2.05) is 54.9 Å². The number of benzene rings is 1. The van der Waals surface area contributed by atoms with Gasteiger partial charge >= 0.3 is 0 Å². The lowest BCUT2D eigenvalue weighted by atomic mass is 10.3.